The highest BCUT2D eigenvalue weighted by Gasteiger charge is 2.30. The normalized spacial score (nSPS) is 15.5. The third-order valence-corrected chi connectivity index (χ3v) is 5.16. The van der Waals surface area contributed by atoms with Crippen LogP contribution in [0.15, 0.2) is 48.5 Å². The summed E-state index contributed by atoms with van der Waals surface area (Å²) in [5.41, 5.74) is 2.19. The molecule has 0 unspecified atom stereocenters. The molecule has 1 aliphatic rings. The molecular formula is C21H22F3N2O2-. The Balaban J connectivity index is 1.81. The van der Waals surface area contributed by atoms with Crippen molar-refractivity contribution in [1.82, 2.24) is 4.90 Å². The fourth-order valence-corrected chi connectivity index (χ4v) is 3.52. The Hall–Kier alpha value is -2.70. The topological polar surface area (TPSA) is 46.6 Å². The minimum atomic E-state index is -4.35. The predicted molar refractivity (Wildman–Crippen MR) is 98.8 cm³/mol. The van der Waals surface area contributed by atoms with E-state index in [2.05, 4.69) is 4.90 Å². The Morgan fingerprint density at radius 3 is 2.14 bits per heavy atom. The van der Waals surface area contributed by atoms with Crippen LogP contribution in [0.5, 0.6) is 0 Å². The lowest BCUT2D eigenvalue weighted by Crippen LogP contribution is -2.50. The quantitative estimate of drug-likeness (QED) is 0.796. The highest BCUT2D eigenvalue weighted by Crippen LogP contribution is 2.30. The van der Waals surface area contributed by atoms with Crippen LogP contribution in [0.25, 0.3) is 0 Å². The number of benzene rings is 2. The van der Waals surface area contributed by atoms with Crippen molar-refractivity contribution in [3.63, 3.8) is 0 Å². The first kappa shape index (κ1) is 20.0. The molecule has 0 aliphatic carbocycles. The summed E-state index contributed by atoms with van der Waals surface area (Å²) in [7, 11) is 0. The molecule has 1 fully saturated rings. The van der Waals surface area contributed by atoms with E-state index < -0.39 is 17.8 Å². The number of anilines is 1. The van der Waals surface area contributed by atoms with E-state index in [0.717, 1.165) is 28.9 Å². The molecule has 2 aromatic carbocycles. The summed E-state index contributed by atoms with van der Waals surface area (Å²) in [6.45, 7) is 3.23. The maximum Gasteiger partial charge on any atom is 0.416 e. The Kier molecular flexibility index (Phi) is 5.82. The van der Waals surface area contributed by atoms with E-state index in [1.807, 2.05) is 31.2 Å². The van der Waals surface area contributed by atoms with Crippen molar-refractivity contribution in [1.29, 1.82) is 0 Å². The fraction of sp³-hybridized carbons (Fsp3) is 0.381. The number of rotatable bonds is 4. The average Bonchev–Trinajstić information content (AvgIpc) is 2.67. The van der Waals surface area contributed by atoms with E-state index in [1.54, 1.807) is 0 Å². The number of likely N-dealkylation sites (tertiary alicyclic amines) is 1. The summed E-state index contributed by atoms with van der Waals surface area (Å²) in [5, 5.41) is 11.1. The van der Waals surface area contributed by atoms with Gasteiger partial charge in [0.1, 0.15) is 6.09 Å². The van der Waals surface area contributed by atoms with Gasteiger partial charge in [0.25, 0.3) is 0 Å². The van der Waals surface area contributed by atoms with Crippen molar-refractivity contribution in [2.24, 2.45) is 0 Å². The highest BCUT2D eigenvalue weighted by atomic mass is 19.4. The van der Waals surface area contributed by atoms with Gasteiger partial charge < -0.3 is 19.7 Å². The molecule has 1 heterocycles. The zero-order valence-electron chi connectivity index (χ0n) is 15.6. The maximum atomic E-state index is 12.8. The Morgan fingerprint density at radius 2 is 1.64 bits per heavy atom. The van der Waals surface area contributed by atoms with Crippen LogP contribution in [0.1, 0.15) is 29.5 Å². The number of aryl methyl sites for hydroxylation is 1. The number of nitrogens with zero attached hydrogens (tertiary/aromatic N) is 2. The number of hydrogen-bond donors (Lipinski definition) is 0. The molecule has 0 aromatic heterocycles. The smallest absolute Gasteiger partial charge is 0.416 e. The van der Waals surface area contributed by atoms with Crippen LogP contribution in [0.4, 0.5) is 23.7 Å². The summed E-state index contributed by atoms with van der Waals surface area (Å²) in [4.78, 5) is 14.5. The first-order chi connectivity index (χ1) is 13.2. The summed E-state index contributed by atoms with van der Waals surface area (Å²) in [5.74, 6) is 0. The molecular weight excluding hydrogens is 369 g/mol. The van der Waals surface area contributed by atoms with Crippen LogP contribution in [-0.4, -0.2) is 30.1 Å². The number of amides is 1. The van der Waals surface area contributed by atoms with Gasteiger partial charge in [-0.05, 0) is 49.6 Å². The number of alkyl halides is 3. The van der Waals surface area contributed by atoms with E-state index in [4.69, 9.17) is 0 Å². The lowest BCUT2D eigenvalue weighted by molar-refractivity contribution is -0.266. The highest BCUT2D eigenvalue weighted by molar-refractivity contribution is 5.62. The molecule has 1 aliphatic heterocycles. The van der Waals surface area contributed by atoms with Gasteiger partial charge in [0, 0.05) is 31.4 Å². The molecule has 0 N–H and O–H groups in total. The molecule has 0 bridgehead atoms. The maximum absolute atomic E-state index is 12.8. The van der Waals surface area contributed by atoms with Gasteiger partial charge in [-0.25, -0.2) is 0 Å². The van der Waals surface area contributed by atoms with Crippen LogP contribution in [-0.2, 0) is 12.7 Å². The Labute approximate surface area is 162 Å². The van der Waals surface area contributed by atoms with Gasteiger partial charge >= 0.3 is 6.18 Å². The predicted octanol–water partition coefficient (Wildman–Crippen LogP) is 3.83. The Morgan fingerprint density at radius 1 is 1.07 bits per heavy atom. The number of piperidine rings is 1. The zero-order chi connectivity index (χ0) is 20.3. The SMILES string of the molecule is Cc1ccc(N(Cc2ccc(C(F)(F)F)cc2)C2CCN(C(=O)[O-])CC2)cc1. The molecule has 150 valence electrons. The number of hydrogen-bond acceptors (Lipinski definition) is 3. The molecule has 4 nitrogen and oxygen atoms in total. The third-order valence-electron chi connectivity index (χ3n) is 5.16. The van der Waals surface area contributed by atoms with Crippen molar-refractivity contribution < 1.29 is 23.1 Å². The van der Waals surface area contributed by atoms with Gasteiger partial charge in [-0.1, -0.05) is 29.8 Å². The van der Waals surface area contributed by atoms with E-state index in [9.17, 15) is 23.1 Å². The molecule has 2 aromatic rings. The molecule has 7 heteroatoms. The molecule has 1 saturated heterocycles. The number of carboxylic acid groups (broad SMARTS) is 1. The molecule has 28 heavy (non-hydrogen) atoms. The second-order valence-electron chi connectivity index (χ2n) is 7.14. The van der Waals surface area contributed by atoms with Crippen molar-refractivity contribution in [2.75, 3.05) is 18.0 Å². The van der Waals surface area contributed by atoms with Crippen molar-refractivity contribution >= 4 is 11.8 Å². The summed E-state index contributed by atoms with van der Waals surface area (Å²) in [6.07, 6.45) is -4.24. The van der Waals surface area contributed by atoms with Crippen molar-refractivity contribution in [3.05, 3.63) is 65.2 Å². The zero-order valence-corrected chi connectivity index (χ0v) is 15.6. The van der Waals surface area contributed by atoms with E-state index in [1.165, 1.54) is 17.0 Å². The number of carbonyl (C=O) groups excluding carboxylic acids is 1. The molecule has 0 radical (unpaired) electrons. The van der Waals surface area contributed by atoms with Gasteiger partial charge in [-0.2, -0.15) is 13.2 Å². The summed E-state index contributed by atoms with van der Waals surface area (Å²) >= 11 is 0. The lowest BCUT2D eigenvalue weighted by Gasteiger charge is -2.40. The first-order valence-corrected chi connectivity index (χ1v) is 9.19. The molecule has 1 amide bonds. The van der Waals surface area contributed by atoms with Crippen LogP contribution in [0, 0.1) is 6.92 Å². The van der Waals surface area contributed by atoms with Crippen molar-refractivity contribution in [3.8, 4) is 0 Å². The molecule has 0 spiro atoms. The van der Waals surface area contributed by atoms with Gasteiger partial charge in [-0.3, -0.25) is 0 Å². The second kappa shape index (κ2) is 8.12. The van der Waals surface area contributed by atoms with Gasteiger partial charge in [0.2, 0.25) is 0 Å². The van der Waals surface area contributed by atoms with E-state index >= 15 is 0 Å². The minimum absolute atomic E-state index is 0.0978. The molecule has 3 rings (SSSR count). The van der Waals surface area contributed by atoms with E-state index in [-0.39, 0.29) is 6.04 Å². The summed E-state index contributed by atoms with van der Waals surface area (Å²) < 4.78 is 38.4. The number of carbonyl (C=O) groups is 1. The van der Waals surface area contributed by atoms with Crippen LogP contribution in [0.3, 0.4) is 0 Å². The van der Waals surface area contributed by atoms with Gasteiger partial charge in [0.05, 0.1) is 5.56 Å². The fourth-order valence-electron chi connectivity index (χ4n) is 3.52. The van der Waals surface area contributed by atoms with Gasteiger partial charge in [-0.15, -0.1) is 0 Å². The van der Waals surface area contributed by atoms with Crippen LogP contribution in [0.2, 0.25) is 0 Å². The van der Waals surface area contributed by atoms with E-state index in [0.29, 0.717) is 32.5 Å². The first-order valence-electron chi connectivity index (χ1n) is 9.19. The monoisotopic (exact) mass is 391 g/mol. The molecule has 0 saturated carbocycles. The van der Waals surface area contributed by atoms with Gasteiger partial charge in [0.15, 0.2) is 0 Å². The number of halogens is 3. The molecule has 0 atom stereocenters. The average molecular weight is 391 g/mol. The van der Waals surface area contributed by atoms with Crippen LogP contribution >= 0.6 is 0 Å². The lowest BCUT2D eigenvalue weighted by atomic mass is 10.0. The largest absolute Gasteiger partial charge is 0.530 e. The summed E-state index contributed by atoms with van der Waals surface area (Å²) in [6, 6.07) is 13.3. The Bertz CT molecular complexity index is 796. The van der Waals surface area contributed by atoms with Crippen LogP contribution < -0.4 is 10.0 Å². The minimum Gasteiger partial charge on any atom is -0.530 e. The third kappa shape index (κ3) is 4.77. The standard InChI is InChI=1S/C21H23F3N2O2/c1-15-2-8-18(9-3-15)26(19-10-12-25(13-11-19)20(27)28)14-16-4-6-17(7-5-16)21(22,23)24/h2-9,19H,10-14H2,1H3,(H,27,28)/p-1. The second-order valence-corrected chi connectivity index (χ2v) is 7.14. The van der Waals surface area contributed by atoms with Crippen molar-refractivity contribution in [2.45, 2.75) is 38.5 Å².